The lowest BCUT2D eigenvalue weighted by Crippen LogP contribution is -2.59. The number of nitrogens with two attached hydrogens (primary N) is 1. The van der Waals surface area contributed by atoms with E-state index >= 15 is 0 Å². The van der Waals surface area contributed by atoms with Gasteiger partial charge < -0.3 is 15.8 Å². The van der Waals surface area contributed by atoms with E-state index in [1.165, 1.54) is 0 Å². The van der Waals surface area contributed by atoms with Gasteiger partial charge in [-0.1, -0.05) is 20.8 Å². The van der Waals surface area contributed by atoms with Gasteiger partial charge in [-0.15, -0.1) is 0 Å². The normalized spacial score (nSPS) is 22.6. The second kappa shape index (κ2) is 4.72. The molecule has 1 aliphatic rings. The van der Waals surface area contributed by atoms with Crippen molar-refractivity contribution in [3.05, 3.63) is 0 Å². The van der Waals surface area contributed by atoms with Crippen LogP contribution < -0.4 is 11.1 Å². The third kappa shape index (κ3) is 3.19. The van der Waals surface area contributed by atoms with E-state index in [-0.39, 0.29) is 17.4 Å². The molecule has 1 heterocycles. The Labute approximate surface area is 97.9 Å². The Balaban J connectivity index is 2.57. The predicted octanol–water partition coefficient (Wildman–Crippen LogP) is 1.05. The van der Waals surface area contributed by atoms with Gasteiger partial charge in [0.05, 0.1) is 5.54 Å². The van der Waals surface area contributed by atoms with Gasteiger partial charge in [-0.2, -0.15) is 0 Å². The molecule has 1 aliphatic heterocycles. The minimum absolute atomic E-state index is 0.0433. The first-order valence-electron chi connectivity index (χ1n) is 5.93. The maximum Gasteiger partial charge on any atom is 0.240 e. The van der Waals surface area contributed by atoms with Crippen molar-refractivity contribution in [2.24, 2.45) is 11.1 Å². The van der Waals surface area contributed by atoms with E-state index in [4.69, 9.17) is 10.5 Å². The summed E-state index contributed by atoms with van der Waals surface area (Å²) in [6, 6.07) is 0.114. The third-order valence-electron chi connectivity index (χ3n) is 3.48. The molecule has 0 bridgehead atoms. The smallest absolute Gasteiger partial charge is 0.240 e. The van der Waals surface area contributed by atoms with E-state index in [2.05, 4.69) is 26.1 Å². The fourth-order valence-corrected chi connectivity index (χ4v) is 1.52. The van der Waals surface area contributed by atoms with Crippen LogP contribution in [0.2, 0.25) is 0 Å². The number of rotatable bonds is 2. The highest BCUT2D eigenvalue weighted by molar-refractivity contribution is 5.86. The highest BCUT2D eigenvalue weighted by atomic mass is 16.5. The summed E-state index contributed by atoms with van der Waals surface area (Å²) in [5.74, 6) is -0.0433. The molecule has 0 aromatic rings. The molecule has 0 aromatic heterocycles. The van der Waals surface area contributed by atoms with Crippen LogP contribution in [-0.4, -0.2) is 30.7 Å². The van der Waals surface area contributed by atoms with Crippen molar-refractivity contribution >= 4 is 5.91 Å². The van der Waals surface area contributed by atoms with E-state index in [1.54, 1.807) is 0 Å². The molecule has 1 fully saturated rings. The van der Waals surface area contributed by atoms with Crippen LogP contribution in [0.5, 0.6) is 0 Å². The quantitative estimate of drug-likeness (QED) is 0.742. The van der Waals surface area contributed by atoms with Gasteiger partial charge in [0, 0.05) is 19.3 Å². The second-order valence-electron chi connectivity index (χ2n) is 5.83. The van der Waals surface area contributed by atoms with Crippen LogP contribution >= 0.6 is 0 Å². The van der Waals surface area contributed by atoms with Crippen LogP contribution in [0.15, 0.2) is 0 Å². The summed E-state index contributed by atoms with van der Waals surface area (Å²) in [4.78, 5) is 12.1. The van der Waals surface area contributed by atoms with Crippen LogP contribution in [0.25, 0.3) is 0 Å². The summed E-state index contributed by atoms with van der Waals surface area (Å²) in [6.45, 7) is 9.48. The molecular weight excluding hydrogens is 204 g/mol. The molecule has 16 heavy (non-hydrogen) atoms. The first-order chi connectivity index (χ1) is 7.26. The summed E-state index contributed by atoms with van der Waals surface area (Å²) < 4.78 is 5.23. The predicted molar refractivity (Wildman–Crippen MR) is 64.0 cm³/mol. The third-order valence-corrected chi connectivity index (χ3v) is 3.48. The van der Waals surface area contributed by atoms with Gasteiger partial charge >= 0.3 is 0 Å². The van der Waals surface area contributed by atoms with Crippen LogP contribution in [0.4, 0.5) is 0 Å². The van der Waals surface area contributed by atoms with Gasteiger partial charge in [-0.25, -0.2) is 0 Å². The molecule has 0 aromatic carbocycles. The van der Waals surface area contributed by atoms with E-state index in [0.29, 0.717) is 26.1 Å². The van der Waals surface area contributed by atoms with Crippen molar-refractivity contribution in [1.29, 1.82) is 0 Å². The van der Waals surface area contributed by atoms with Crippen molar-refractivity contribution in [2.75, 3.05) is 13.2 Å². The number of hydrogen-bond donors (Lipinski definition) is 2. The number of nitrogens with one attached hydrogen (secondary N) is 1. The molecule has 4 nitrogen and oxygen atoms in total. The highest BCUT2D eigenvalue weighted by Crippen LogP contribution is 2.22. The Bertz CT molecular complexity index is 252. The number of carbonyl (C=O) groups excluding carboxylic acids is 1. The average molecular weight is 228 g/mol. The summed E-state index contributed by atoms with van der Waals surface area (Å²) in [7, 11) is 0. The van der Waals surface area contributed by atoms with Gasteiger partial charge in [0.25, 0.3) is 0 Å². The van der Waals surface area contributed by atoms with Gasteiger partial charge in [0.15, 0.2) is 0 Å². The molecule has 0 spiro atoms. The molecule has 3 N–H and O–H groups in total. The average Bonchev–Trinajstić information content (AvgIpc) is 2.17. The summed E-state index contributed by atoms with van der Waals surface area (Å²) in [5, 5.41) is 3.01. The Morgan fingerprint density at radius 1 is 1.38 bits per heavy atom. The highest BCUT2D eigenvalue weighted by Gasteiger charge is 2.37. The number of ether oxygens (including phenoxy) is 1. The van der Waals surface area contributed by atoms with Crippen LogP contribution in [-0.2, 0) is 9.53 Å². The van der Waals surface area contributed by atoms with E-state index in [0.717, 1.165) is 0 Å². The van der Waals surface area contributed by atoms with E-state index < -0.39 is 5.54 Å². The summed E-state index contributed by atoms with van der Waals surface area (Å²) >= 11 is 0. The molecule has 94 valence electrons. The zero-order chi connectivity index (χ0) is 12.4. The van der Waals surface area contributed by atoms with Crippen molar-refractivity contribution in [3.8, 4) is 0 Å². The van der Waals surface area contributed by atoms with Gasteiger partial charge in [0.2, 0.25) is 5.91 Å². The minimum Gasteiger partial charge on any atom is -0.381 e. The molecule has 0 saturated carbocycles. The maximum absolute atomic E-state index is 12.1. The molecule has 4 heteroatoms. The van der Waals surface area contributed by atoms with Gasteiger partial charge in [-0.05, 0) is 25.2 Å². The largest absolute Gasteiger partial charge is 0.381 e. The minimum atomic E-state index is -0.738. The molecule has 0 radical (unpaired) electrons. The molecule has 0 aliphatic carbocycles. The Hall–Kier alpha value is -0.610. The fraction of sp³-hybridized carbons (Fsp3) is 0.917. The molecule has 1 rings (SSSR count). The van der Waals surface area contributed by atoms with Crippen molar-refractivity contribution in [3.63, 3.8) is 0 Å². The first-order valence-corrected chi connectivity index (χ1v) is 5.93. The monoisotopic (exact) mass is 228 g/mol. The van der Waals surface area contributed by atoms with E-state index in [1.807, 2.05) is 6.92 Å². The maximum atomic E-state index is 12.1. The standard InChI is InChI=1S/C12H24N2O2/c1-9(11(2,3)4)14-10(15)12(13)5-7-16-8-6-12/h9H,5-8,13H2,1-4H3,(H,14,15). The SMILES string of the molecule is CC(NC(=O)C1(N)CCOCC1)C(C)(C)C. The van der Waals surface area contributed by atoms with Crippen LogP contribution in [0, 0.1) is 5.41 Å². The molecular formula is C12H24N2O2. The first kappa shape index (κ1) is 13.5. The van der Waals surface area contributed by atoms with Gasteiger partial charge in [0.1, 0.15) is 0 Å². The van der Waals surface area contributed by atoms with Crippen molar-refractivity contribution in [2.45, 2.75) is 52.1 Å². The van der Waals surface area contributed by atoms with Crippen LogP contribution in [0.1, 0.15) is 40.5 Å². The lowest BCUT2D eigenvalue weighted by molar-refractivity contribution is -0.131. The fourth-order valence-electron chi connectivity index (χ4n) is 1.52. The molecule has 1 unspecified atom stereocenters. The Morgan fingerprint density at radius 2 is 1.88 bits per heavy atom. The summed E-state index contributed by atoms with van der Waals surface area (Å²) in [6.07, 6.45) is 1.21. The topological polar surface area (TPSA) is 64.4 Å². The lowest BCUT2D eigenvalue weighted by Gasteiger charge is -2.35. The van der Waals surface area contributed by atoms with Gasteiger partial charge in [-0.3, -0.25) is 4.79 Å². The number of amides is 1. The number of carbonyl (C=O) groups is 1. The Morgan fingerprint density at radius 3 is 2.31 bits per heavy atom. The second-order valence-corrected chi connectivity index (χ2v) is 5.83. The molecule has 1 atom stereocenters. The molecule has 1 amide bonds. The zero-order valence-corrected chi connectivity index (χ0v) is 10.8. The molecule has 1 saturated heterocycles. The lowest BCUT2D eigenvalue weighted by atomic mass is 9.85. The van der Waals surface area contributed by atoms with E-state index in [9.17, 15) is 4.79 Å². The summed E-state index contributed by atoms with van der Waals surface area (Å²) in [5.41, 5.74) is 5.42. The van der Waals surface area contributed by atoms with Crippen LogP contribution in [0.3, 0.4) is 0 Å². The Kier molecular flexibility index (Phi) is 3.97. The van der Waals surface area contributed by atoms with Crippen molar-refractivity contribution in [1.82, 2.24) is 5.32 Å². The van der Waals surface area contributed by atoms with Crippen molar-refractivity contribution < 1.29 is 9.53 Å². The zero-order valence-electron chi connectivity index (χ0n) is 10.8. The number of hydrogen-bond acceptors (Lipinski definition) is 3.